The molecule has 0 spiro atoms. The minimum atomic E-state index is -1.15. The van der Waals surface area contributed by atoms with Crippen molar-refractivity contribution in [3.8, 4) is 0 Å². The van der Waals surface area contributed by atoms with E-state index in [0.29, 0.717) is 17.6 Å². The predicted molar refractivity (Wildman–Crippen MR) is 122 cm³/mol. The molecule has 2 aliphatic rings. The van der Waals surface area contributed by atoms with Gasteiger partial charge in [-0.2, -0.15) is 0 Å². The molecule has 8 heteroatoms. The topological polar surface area (TPSA) is 93.3 Å². The number of rotatable bonds is 8. The number of carbonyl (C=O) groups is 1. The second-order valence-electron chi connectivity index (χ2n) is 8.95. The molecule has 1 aliphatic carbocycles. The Morgan fingerprint density at radius 2 is 1.94 bits per heavy atom. The first-order valence-electron chi connectivity index (χ1n) is 11.7. The van der Waals surface area contributed by atoms with Crippen molar-refractivity contribution in [2.24, 2.45) is 10.9 Å². The Bertz CT molecular complexity index is 731. The molecule has 1 unspecified atom stereocenters. The van der Waals surface area contributed by atoms with E-state index in [1.54, 1.807) is 13.0 Å². The quantitative estimate of drug-likeness (QED) is 0.427. The van der Waals surface area contributed by atoms with Gasteiger partial charge in [0, 0.05) is 51.7 Å². The molecule has 1 aromatic rings. The maximum Gasteiger partial charge on any atom is 0.225 e. The third-order valence-corrected chi connectivity index (χ3v) is 6.27. The minimum absolute atomic E-state index is 0.206. The molecule has 2 fully saturated rings. The maximum absolute atomic E-state index is 12.6. The van der Waals surface area contributed by atoms with Crippen molar-refractivity contribution in [1.82, 2.24) is 20.4 Å². The van der Waals surface area contributed by atoms with Crippen molar-refractivity contribution in [3.63, 3.8) is 0 Å². The number of guanidine groups is 1. The largest absolute Gasteiger partial charge is 0.463 e. The Hall–Kier alpha value is -2.06. The highest BCUT2D eigenvalue weighted by molar-refractivity contribution is 5.80. The highest BCUT2D eigenvalue weighted by Gasteiger charge is 2.29. The van der Waals surface area contributed by atoms with E-state index < -0.39 is 5.60 Å². The summed E-state index contributed by atoms with van der Waals surface area (Å²) < 4.78 is 5.56. The fourth-order valence-corrected chi connectivity index (χ4v) is 4.33. The average Bonchev–Trinajstić information content (AvgIpc) is 3.44. The fraction of sp³-hybridized carbons (Fsp3) is 0.739. The van der Waals surface area contributed by atoms with E-state index in [1.807, 2.05) is 19.9 Å². The highest BCUT2D eigenvalue weighted by Crippen LogP contribution is 2.27. The van der Waals surface area contributed by atoms with E-state index >= 15 is 0 Å². The number of aryl methyl sites for hydroxylation is 1. The molecular weight excluding hydrogens is 394 g/mol. The lowest BCUT2D eigenvalue weighted by Gasteiger charge is -2.36. The minimum Gasteiger partial charge on any atom is -0.463 e. The number of aliphatic hydroxyl groups is 1. The zero-order valence-electron chi connectivity index (χ0n) is 19.3. The summed E-state index contributed by atoms with van der Waals surface area (Å²) in [5, 5.41) is 17.3. The van der Waals surface area contributed by atoms with E-state index in [-0.39, 0.29) is 12.5 Å². The van der Waals surface area contributed by atoms with Crippen molar-refractivity contribution in [2.45, 2.75) is 52.1 Å². The summed E-state index contributed by atoms with van der Waals surface area (Å²) >= 11 is 0. The molecule has 8 nitrogen and oxygen atoms in total. The number of piperazine rings is 1. The molecule has 31 heavy (non-hydrogen) atoms. The molecule has 1 saturated carbocycles. The van der Waals surface area contributed by atoms with Gasteiger partial charge in [0.05, 0.1) is 6.54 Å². The van der Waals surface area contributed by atoms with Crippen LogP contribution >= 0.6 is 0 Å². The number of hydrogen-bond acceptors (Lipinski definition) is 5. The normalized spacial score (nSPS) is 20.6. The Balaban J connectivity index is 1.41. The number of nitrogens with zero attached hydrogens (tertiary/aromatic N) is 3. The number of carbonyl (C=O) groups excluding carboxylic acids is 1. The van der Waals surface area contributed by atoms with Crippen LogP contribution in [0.5, 0.6) is 0 Å². The molecule has 174 valence electrons. The maximum atomic E-state index is 12.6. The summed E-state index contributed by atoms with van der Waals surface area (Å²) in [5.74, 6) is 2.62. The molecule has 3 N–H and O–H groups in total. The van der Waals surface area contributed by atoms with Crippen LogP contribution in [0.3, 0.4) is 0 Å². The smallest absolute Gasteiger partial charge is 0.225 e. The van der Waals surface area contributed by atoms with Crippen LogP contribution < -0.4 is 10.6 Å². The first-order valence-corrected chi connectivity index (χ1v) is 11.7. The molecule has 2 heterocycles. The average molecular weight is 434 g/mol. The van der Waals surface area contributed by atoms with Gasteiger partial charge in [-0.15, -0.1) is 0 Å². The Morgan fingerprint density at radius 1 is 1.23 bits per heavy atom. The lowest BCUT2D eigenvalue weighted by atomic mass is 10.0. The van der Waals surface area contributed by atoms with Crippen LogP contribution in [-0.4, -0.2) is 79.1 Å². The predicted octanol–water partition coefficient (Wildman–Crippen LogP) is 1.69. The van der Waals surface area contributed by atoms with Gasteiger partial charge in [-0.1, -0.05) is 12.8 Å². The lowest BCUT2D eigenvalue weighted by molar-refractivity contribution is -0.137. The third-order valence-electron chi connectivity index (χ3n) is 6.27. The van der Waals surface area contributed by atoms with Crippen LogP contribution in [0.1, 0.15) is 51.1 Å². The van der Waals surface area contributed by atoms with Gasteiger partial charge in [-0.3, -0.25) is 9.69 Å². The monoisotopic (exact) mass is 433 g/mol. The molecule has 1 aliphatic heterocycles. The van der Waals surface area contributed by atoms with E-state index in [9.17, 15) is 9.90 Å². The summed E-state index contributed by atoms with van der Waals surface area (Å²) in [7, 11) is 0. The standard InChI is InChI=1S/C23H39N5O3/c1-4-24-22(26-17-23(3,30)20-10-9-18(2)31-20)25-11-12-27-13-15-28(16-14-27)21(29)19-7-5-6-8-19/h9-10,19,30H,4-8,11-17H2,1-3H3,(H2,24,25,26). The van der Waals surface area contributed by atoms with Crippen LogP contribution in [0.25, 0.3) is 0 Å². The van der Waals surface area contributed by atoms with Gasteiger partial charge in [-0.05, 0) is 45.7 Å². The van der Waals surface area contributed by atoms with Gasteiger partial charge in [0.15, 0.2) is 5.96 Å². The Labute approximate surface area is 186 Å². The second kappa shape index (κ2) is 11.0. The summed E-state index contributed by atoms with van der Waals surface area (Å²) in [6.07, 6.45) is 4.55. The molecule has 1 amide bonds. The van der Waals surface area contributed by atoms with Gasteiger partial charge in [-0.25, -0.2) is 4.99 Å². The van der Waals surface area contributed by atoms with E-state index in [4.69, 9.17) is 4.42 Å². The van der Waals surface area contributed by atoms with Crippen molar-refractivity contribution < 1.29 is 14.3 Å². The molecule has 0 bridgehead atoms. The zero-order chi connectivity index (χ0) is 22.3. The molecule has 3 rings (SSSR count). The van der Waals surface area contributed by atoms with Gasteiger partial charge in [0.25, 0.3) is 0 Å². The van der Waals surface area contributed by atoms with E-state index in [1.165, 1.54) is 12.8 Å². The first-order chi connectivity index (χ1) is 14.9. The SMILES string of the molecule is CCNC(=NCC(C)(O)c1ccc(C)o1)NCCN1CCN(C(=O)C2CCCC2)CC1. The van der Waals surface area contributed by atoms with Crippen LogP contribution in [0, 0.1) is 12.8 Å². The second-order valence-corrected chi connectivity index (χ2v) is 8.95. The van der Waals surface area contributed by atoms with Crippen LogP contribution in [0.15, 0.2) is 21.5 Å². The molecule has 0 radical (unpaired) electrons. The lowest BCUT2D eigenvalue weighted by Crippen LogP contribution is -2.52. The molecule has 0 aromatic carbocycles. The summed E-state index contributed by atoms with van der Waals surface area (Å²) in [4.78, 5) is 21.6. The van der Waals surface area contributed by atoms with Gasteiger partial charge in [0.1, 0.15) is 17.1 Å². The number of furan rings is 1. The van der Waals surface area contributed by atoms with Crippen molar-refractivity contribution in [2.75, 3.05) is 52.4 Å². The van der Waals surface area contributed by atoms with Gasteiger partial charge >= 0.3 is 0 Å². The zero-order valence-corrected chi connectivity index (χ0v) is 19.3. The summed E-state index contributed by atoms with van der Waals surface area (Å²) in [5.41, 5.74) is -1.15. The highest BCUT2D eigenvalue weighted by atomic mass is 16.4. The van der Waals surface area contributed by atoms with Crippen molar-refractivity contribution >= 4 is 11.9 Å². The molecule has 1 aromatic heterocycles. The van der Waals surface area contributed by atoms with Crippen molar-refractivity contribution in [1.29, 1.82) is 0 Å². The van der Waals surface area contributed by atoms with E-state index in [0.717, 1.165) is 64.4 Å². The molecule has 1 saturated heterocycles. The van der Waals surface area contributed by atoms with Crippen molar-refractivity contribution in [3.05, 3.63) is 23.7 Å². The summed E-state index contributed by atoms with van der Waals surface area (Å²) in [6, 6.07) is 3.64. The van der Waals surface area contributed by atoms with Gasteiger partial charge in [0.2, 0.25) is 5.91 Å². The summed E-state index contributed by atoms with van der Waals surface area (Å²) in [6.45, 7) is 11.7. The van der Waals surface area contributed by atoms with Crippen LogP contribution in [-0.2, 0) is 10.4 Å². The number of aliphatic imine (C=N–C) groups is 1. The Morgan fingerprint density at radius 3 is 2.55 bits per heavy atom. The number of hydrogen-bond donors (Lipinski definition) is 3. The van der Waals surface area contributed by atoms with Crippen LogP contribution in [0.4, 0.5) is 0 Å². The first kappa shape index (κ1) is 23.6. The molecule has 1 atom stereocenters. The van der Waals surface area contributed by atoms with Gasteiger partial charge < -0.3 is 25.1 Å². The van der Waals surface area contributed by atoms with E-state index in [2.05, 4.69) is 25.4 Å². The Kier molecular flexibility index (Phi) is 8.37. The number of amides is 1. The third kappa shape index (κ3) is 6.71. The number of nitrogens with one attached hydrogen (secondary N) is 2. The molecular formula is C23H39N5O3. The van der Waals surface area contributed by atoms with Crippen LogP contribution in [0.2, 0.25) is 0 Å². The fourth-order valence-electron chi connectivity index (χ4n) is 4.33.